The third-order valence-corrected chi connectivity index (χ3v) is 3.51. The zero-order valence-corrected chi connectivity index (χ0v) is 15.3. The molecule has 0 saturated carbocycles. The Bertz CT molecular complexity index is 821. The first-order valence-corrected chi connectivity index (χ1v) is 8.34. The van der Waals surface area contributed by atoms with E-state index in [1.165, 1.54) is 13.2 Å². The van der Waals surface area contributed by atoms with E-state index in [9.17, 15) is 4.79 Å². The highest BCUT2D eigenvalue weighted by atomic mass is 16.6. The quantitative estimate of drug-likeness (QED) is 0.383. The van der Waals surface area contributed by atoms with Crippen LogP contribution in [0.2, 0.25) is 0 Å². The van der Waals surface area contributed by atoms with Gasteiger partial charge in [0.15, 0.2) is 18.1 Å². The van der Waals surface area contributed by atoms with Crippen LogP contribution in [-0.2, 0) is 9.53 Å². The Morgan fingerprint density at radius 3 is 2.56 bits per heavy atom. The largest absolute Gasteiger partial charge is 0.493 e. The molecule has 0 atom stereocenters. The van der Waals surface area contributed by atoms with Gasteiger partial charge in [0.1, 0.15) is 25.0 Å². The molecule has 6 nitrogen and oxygen atoms in total. The average molecular weight is 367 g/mol. The first-order valence-electron chi connectivity index (χ1n) is 8.34. The van der Waals surface area contributed by atoms with Crippen LogP contribution in [0.15, 0.2) is 48.5 Å². The van der Waals surface area contributed by atoms with E-state index >= 15 is 0 Å². The molecule has 140 valence electrons. The summed E-state index contributed by atoms with van der Waals surface area (Å²) in [4.78, 5) is 11.8. The average Bonchev–Trinajstić information content (AvgIpc) is 2.69. The predicted molar refractivity (Wildman–Crippen MR) is 101 cm³/mol. The van der Waals surface area contributed by atoms with Crippen LogP contribution in [0.4, 0.5) is 0 Å². The highest BCUT2D eigenvalue weighted by Crippen LogP contribution is 2.28. The number of hydrogen-bond donors (Lipinski definition) is 0. The smallest absolute Gasteiger partial charge is 0.330 e. The number of carbonyl (C=O) groups is 1. The van der Waals surface area contributed by atoms with Crippen molar-refractivity contribution in [3.63, 3.8) is 0 Å². The van der Waals surface area contributed by atoms with E-state index in [-0.39, 0.29) is 19.8 Å². The molecule has 0 bridgehead atoms. The topological polar surface area (TPSA) is 77.8 Å². The van der Waals surface area contributed by atoms with Crippen LogP contribution in [0.25, 0.3) is 6.08 Å². The fraction of sp³-hybridized carbons (Fsp3) is 0.238. The van der Waals surface area contributed by atoms with Crippen molar-refractivity contribution in [1.82, 2.24) is 0 Å². The predicted octanol–water partition coefficient (Wildman–Crippen LogP) is 3.54. The molecule has 2 rings (SSSR count). The molecular weight excluding hydrogens is 346 g/mol. The van der Waals surface area contributed by atoms with Crippen molar-refractivity contribution in [1.29, 1.82) is 5.26 Å². The van der Waals surface area contributed by atoms with Gasteiger partial charge >= 0.3 is 5.97 Å². The molecule has 0 spiro atoms. The maximum Gasteiger partial charge on any atom is 0.330 e. The highest BCUT2D eigenvalue weighted by Gasteiger charge is 2.05. The van der Waals surface area contributed by atoms with E-state index < -0.39 is 5.97 Å². The lowest BCUT2D eigenvalue weighted by Gasteiger charge is -2.09. The minimum atomic E-state index is -0.466. The second-order valence-corrected chi connectivity index (χ2v) is 5.52. The number of nitrogens with zero attached hydrogens (tertiary/aromatic N) is 1. The summed E-state index contributed by atoms with van der Waals surface area (Å²) in [6, 6.07) is 14.7. The van der Waals surface area contributed by atoms with Gasteiger partial charge in [0, 0.05) is 6.08 Å². The van der Waals surface area contributed by atoms with Gasteiger partial charge in [0.05, 0.1) is 7.11 Å². The van der Waals surface area contributed by atoms with E-state index in [1.807, 2.05) is 37.3 Å². The summed E-state index contributed by atoms with van der Waals surface area (Å²) in [6.45, 7) is 2.37. The van der Waals surface area contributed by atoms with E-state index in [2.05, 4.69) is 0 Å². The van der Waals surface area contributed by atoms with Gasteiger partial charge in [0.2, 0.25) is 0 Å². The van der Waals surface area contributed by atoms with Crippen LogP contribution in [0.3, 0.4) is 0 Å². The Hall–Kier alpha value is -3.46. The van der Waals surface area contributed by atoms with E-state index in [0.29, 0.717) is 11.5 Å². The molecule has 0 aliphatic heterocycles. The third-order valence-electron chi connectivity index (χ3n) is 3.51. The van der Waals surface area contributed by atoms with Crippen LogP contribution in [0, 0.1) is 18.3 Å². The number of ether oxygens (including phenoxy) is 4. The van der Waals surface area contributed by atoms with Gasteiger partial charge in [-0.25, -0.2) is 4.79 Å². The van der Waals surface area contributed by atoms with E-state index in [1.54, 1.807) is 24.3 Å². The number of methoxy groups -OCH3 is 1. The molecule has 27 heavy (non-hydrogen) atoms. The second kappa shape index (κ2) is 10.5. The van der Waals surface area contributed by atoms with Gasteiger partial charge in [-0.3, -0.25) is 0 Å². The van der Waals surface area contributed by atoms with Crippen LogP contribution in [-0.4, -0.2) is 32.9 Å². The molecular formula is C21H21NO5. The number of nitriles is 1. The Morgan fingerprint density at radius 1 is 1.07 bits per heavy atom. The summed E-state index contributed by atoms with van der Waals surface area (Å²) in [5, 5.41) is 8.57. The molecule has 0 unspecified atom stereocenters. The molecule has 0 amide bonds. The zero-order chi connectivity index (χ0) is 19.5. The van der Waals surface area contributed by atoms with Crippen molar-refractivity contribution < 1.29 is 23.7 Å². The first kappa shape index (κ1) is 19.9. The first-order chi connectivity index (χ1) is 13.1. The molecule has 0 N–H and O–H groups in total. The van der Waals surface area contributed by atoms with E-state index in [0.717, 1.165) is 16.9 Å². The van der Waals surface area contributed by atoms with E-state index in [4.69, 9.17) is 24.2 Å². The molecule has 0 aliphatic rings. The van der Waals surface area contributed by atoms with Gasteiger partial charge < -0.3 is 18.9 Å². The standard InChI is InChI=1S/C21H21NO5/c1-16-3-7-18(8-4-16)25-13-14-27-21(23)10-6-17-5-9-19(26-12-11-22)20(15-17)24-2/h3-10,15H,12-14H2,1-2H3. The Kier molecular flexibility index (Phi) is 7.73. The molecule has 2 aromatic rings. The Morgan fingerprint density at radius 2 is 1.85 bits per heavy atom. The summed E-state index contributed by atoms with van der Waals surface area (Å²) in [5.74, 6) is 1.21. The number of benzene rings is 2. The summed E-state index contributed by atoms with van der Waals surface area (Å²) >= 11 is 0. The van der Waals surface area contributed by atoms with Gasteiger partial charge in [-0.05, 0) is 42.8 Å². The molecule has 0 saturated heterocycles. The lowest BCUT2D eigenvalue weighted by molar-refractivity contribution is -0.138. The normalized spacial score (nSPS) is 10.3. The van der Waals surface area contributed by atoms with Crippen molar-refractivity contribution >= 4 is 12.0 Å². The number of rotatable bonds is 9. The van der Waals surface area contributed by atoms with Crippen molar-refractivity contribution in [2.24, 2.45) is 0 Å². The Labute approximate surface area is 158 Å². The summed E-state index contributed by atoms with van der Waals surface area (Å²) in [7, 11) is 1.50. The minimum absolute atomic E-state index is 0.0669. The zero-order valence-electron chi connectivity index (χ0n) is 15.3. The van der Waals surface area contributed by atoms with Crippen LogP contribution < -0.4 is 14.2 Å². The monoisotopic (exact) mass is 367 g/mol. The lowest BCUT2D eigenvalue weighted by atomic mass is 10.2. The molecule has 2 aromatic carbocycles. The van der Waals surface area contributed by atoms with Crippen molar-refractivity contribution in [2.75, 3.05) is 26.9 Å². The number of aryl methyl sites for hydroxylation is 1. The minimum Gasteiger partial charge on any atom is -0.493 e. The van der Waals surface area contributed by atoms with Crippen molar-refractivity contribution in [3.8, 4) is 23.3 Å². The lowest BCUT2D eigenvalue weighted by Crippen LogP contribution is -2.10. The molecule has 0 fully saturated rings. The summed E-state index contributed by atoms with van der Waals surface area (Å²) < 4.78 is 21.1. The third kappa shape index (κ3) is 6.75. The summed E-state index contributed by atoms with van der Waals surface area (Å²) in [5.41, 5.74) is 1.89. The fourth-order valence-corrected chi connectivity index (χ4v) is 2.17. The van der Waals surface area contributed by atoms with Gasteiger partial charge in [-0.1, -0.05) is 23.8 Å². The number of hydrogen-bond acceptors (Lipinski definition) is 6. The molecule has 0 aliphatic carbocycles. The van der Waals surface area contributed by atoms with Gasteiger partial charge in [0.25, 0.3) is 0 Å². The number of carbonyl (C=O) groups excluding carboxylic acids is 1. The van der Waals surface area contributed by atoms with Crippen molar-refractivity contribution in [3.05, 3.63) is 59.7 Å². The molecule has 0 aromatic heterocycles. The highest BCUT2D eigenvalue weighted by molar-refractivity contribution is 5.87. The van der Waals surface area contributed by atoms with Crippen LogP contribution in [0.5, 0.6) is 17.2 Å². The maximum atomic E-state index is 11.8. The SMILES string of the molecule is COc1cc(C=CC(=O)OCCOc2ccc(C)cc2)ccc1OCC#N. The van der Waals surface area contributed by atoms with Gasteiger partial charge in [-0.15, -0.1) is 0 Å². The second-order valence-electron chi connectivity index (χ2n) is 5.52. The van der Waals surface area contributed by atoms with Crippen LogP contribution in [0.1, 0.15) is 11.1 Å². The molecule has 0 heterocycles. The number of esters is 1. The Balaban J connectivity index is 1.80. The van der Waals surface area contributed by atoms with Crippen LogP contribution >= 0.6 is 0 Å². The van der Waals surface area contributed by atoms with Crippen molar-refractivity contribution in [2.45, 2.75) is 6.92 Å². The van der Waals surface area contributed by atoms with Gasteiger partial charge in [-0.2, -0.15) is 5.26 Å². The molecule has 0 radical (unpaired) electrons. The molecule has 6 heteroatoms. The fourth-order valence-electron chi connectivity index (χ4n) is 2.17. The maximum absolute atomic E-state index is 11.8. The summed E-state index contributed by atoms with van der Waals surface area (Å²) in [6.07, 6.45) is 2.94.